The summed E-state index contributed by atoms with van der Waals surface area (Å²) < 4.78 is 32.8. The molecule has 24 heavy (non-hydrogen) atoms. The lowest BCUT2D eigenvalue weighted by Gasteiger charge is -2.31. The molecule has 1 aliphatic rings. The van der Waals surface area contributed by atoms with Crippen LogP contribution in [-0.4, -0.2) is 25.9 Å². The largest absolute Gasteiger partial charge is 0.469 e. The van der Waals surface area contributed by atoms with Gasteiger partial charge in [0, 0.05) is 24.1 Å². The number of carbonyl (C=O) groups excluding carboxylic acids is 1. The second kappa shape index (κ2) is 6.16. The second-order valence-electron chi connectivity index (χ2n) is 6.05. The minimum atomic E-state index is -3.83. The number of furan rings is 1. The van der Waals surface area contributed by atoms with Crippen LogP contribution in [0.1, 0.15) is 41.4 Å². The molecule has 0 saturated heterocycles. The highest BCUT2D eigenvalue weighted by molar-refractivity contribution is 7.89. The summed E-state index contributed by atoms with van der Waals surface area (Å²) >= 11 is 0. The fourth-order valence-electron chi connectivity index (χ4n) is 2.99. The first-order valence-corrected chi connectivity index (χ1v) is 9.20. The molecule has 128 valence electrons. The van der Waals surface area contributed by atoms with Crippen molar-refractivity contribution in [3.05, 3.63) is 53.5 Å². The topological polar surface area (TPSA) is 96.6 Å². The van der Waals surface area contributed by atoms with E-state index in [1.165, 1.54) is 31.4 Å². The predicted molar refractivity (Wildman–Crippen MR) is 87.2 cm³/mol. The highest BCUT2D eigenvalue weighted by Crippen LogP contribution is 2.35. The molecule has 1 heterocycles. The predicted octanol–water partition coefficient (Wildman–Crippen LogP) is 1.98. The van der Waals surface area contributed by atoms with Gasteiger partial charge < -0.3 is 9.52 Å². The van der Waals surface area contributed by atoms with Crippen LogP contribution in [0.4, 0.5) is 0 Å². The Hall–Kier alpha value is -1.96. The third-order valence-electron chi connectivity index (χ3n) is 4.35. The number of Topliss-reactive ketones (excluding diaryl/α,β-unsaturated/α-hetero) is 1. The average molecular weight is 349 g/mol. The van der Waals surface area contributed by atoms with E-state index in [9.17, 15) is 18.3 Å². The number of aryl methyl sites for hydroxylation is 1. The molecule has 2 N–H and O–H groups in total. The Balaban J connectivity index is 1.82. The molecule has 1 aliphatic carbocycles. The van der Waals surface area contributed by atoms with Crippen molar-refractivity contribution in [3.63, 3.8) is 0 Å². The van der Waals surface area contributed by atoms with E-state index in [1.807, 2.05) is 0 Å². The van der Waals surface area contributed by atoms with E-state index < -0.39 is 15.6 Å². The summed E-state index contributed by atoms with van der Waals surface area (Å²) in [5.41, 5.74) is -0.327. The van der Waals surface area contributed by atoms with E-state index in [4.69, 9.17) is 4.42 Å². The molecule has 1 unspecified atom stereocenters. The first-order chi connectivity index (χ1) is 11.3. The van der Waals surface area contributed by atoms with Crippen LogP contribution in [0.25, 0.3) is 0 Å². The zero-order chi connectivity index (χ0) is 17.4. The Kier molecular flexibility index (Phi) is 4.33. The highest BCUT2D eigenvalue weighted by atomic mass is 32.2. The summed E-state index contributed by atoms with van der Waals surface area (Å²) in [5.74, 6) is 0.488. The van der Waals surface area contributed by atoms with Crippen LogP contribution in [0.2, 0.25) is 0 Å². The molecule has 1 aromatic heterocycles. The minimum Gasteiger partial charge on any atom is -0.469 e. The third kappa shape index (κ3) is 3.15. The number of benzene rings is 1. The lowest BCUT2D eigenvalue weighted by atomic mass is 9.83. The van der Waals surface area contributed by atoms with E-state index >= 15 is 0 Å². The number of sulfonamides is 1. The second-order valence-corrected chi connectivity index (χ2v) is 7.82. The van der Waals surface area contributed by atoms with Crippen LogP contribution in [0.3, 0.4) is 0 Å². The van der Waals surface area contributed by atoms with Crippen molar-refractivity contribution in [2.45, 2.75) is 36.7 Å². The zero-order valence-corrected chi connectivity index (χ0v) is 14.1. The average Bonchev–Trinajstić information content (AvgIpc) is 3.04. The first kappa shape index (κ1) is 16.9. The summed E-state index contributed by atoms with van der Waals surface area (Å²) in [5, 5.41) is 10.8. The monoisotopic (exact) mass is 349 g/mol. The van der Waals surface area contributed by atoms with Crippen molar-refractivity contribution in [3.8, 4) is 0 Å². The molecule has 2 aromatic rings. The molecule has 0 radical (unpaired) electrons. The summed E-state index contributed by atoms with van der Waals surface area (Å²) in [6, 6.07) is 7.52. The molecule has 0 amide bonds. The van der Waals surface area contributed by atoms with Crippen molar-refractivity contribution in [1.29, 1.82) is 0 Å². The maximum atomic E-state index is 12.5. The van der Waals surface area contributed by atoms with Crippen molar-refractivity contribution in [2.24, 2.45) is 0 Å². The quantitative estimate of drug-likeness (QED) is 0.805. The van der Waals surface area contributed by atoms with Gasteiger partial charge in [-0.2, -0.15) is 0 Å². The SMILES string of the molecule is CC(=O)c1cccc(S(=O)(=O)NCC2(O)CCCc3occc32)c1. The summed E-state index contributed by atoms with van der Waals surface area (Å²) in [7, 11) is -3.83. The van der Waals surface area contributed by atoms with Gasteiger partial charge in [0.15, 0.2) is 5.78 Å². The van der Waals surface area contributed by atoms with Crippen LogP contribution in [0.5, 0.6) is 0 Å². The molecule has 0 saturated carbocycles. The Morgan fingerprint density at radius 3 is 2.92 bits per heavy atom. The fourth-order valence-corrected chi connectivity index (χ4v) is 4.12. The number of rotatable bonds is 5. The highest BCUT2D eigenvalue weighted by Gasteiger charge is 2.37. The van der Waals surface area contributed by atoms with Gasteiger partial charge in [-0.05, 0) is 38.0 Å². The van der Waals surface area contributed by atoms with E-state index in [1.54, 1.807) is 12.1 Å². The van der Waals surface area contributed by atoms with Gasteiger partial charge in [0.25, 0.3) is 0 Å². The van der Waals surface area contributed by atoms with Crippen molar-refractivity contribution >= 4 is 15.8 Å². The molecule has 0 bridgehead atoms. The van der Waals surface area contributed by atoms with Crippen LogP contribution in [-0.2, 0) is 22.0 Å². The molecule has 7 heteroatoms. The van der Waals surface area contributed by atoms with Gasteiger partial charge in [0.1, 0.15) is 11.4 Å². The summed E-state index contributed by atoms with van der Waals surface area (Å²) in [4.78, 5) is 11.4. The van der Waals surface area contributed by atoms with Gasteiger partial charge in [-0.25, -0.2) is 13.1 Å². The molecule has 1 atom stereocenters. The lowest BCUT2D eigenvalue weighted by molar-refractivity contribution is 0.0221. The van der Waals surface area contributed by atoms with E-state index in [-0.39, 0.29) is 17.2 Å². The number of fused-ring (bicyclic) bond motifs is 1. The number of aliphatic hydroxyl groups is 1. The number of hydrogen-bond donors (Lipinski definition) is 2. The summed E-state index contributed by atoms with van der Waals surface area (Å²) in [6.45, 7) is 1.23. The van der Waals surface area contributed by atoms with Crippen molar-refractivity contribution in [2.75, 3.05) is 6.54 Å². The van der Waals surface area contributed by atoms with Crippen LogP contribution in [0.15, 0.2) is 45.9 Å². The fraction of sp³-hybridized carbons (Fsp3) is 0.353. The van der Waals surface area contributed by atoms with Gasteiger partial charge in [-0.1, -0.05) is 12.1 Å². The van der Waals surface area contributed by atoms with Crippen molar-refractivity contribution < 1.29 is 22.7 Å². The lowest BCUT2D eigenvalue weighted by Crippen LogP contribution is -2.42. The van der Waals surface area contributed by atoms with Gasteiger partial charge in [-0.15, -0.1) is 0 Å². The molecular weight excluding hydrogens is 330 g/mol. The maximum absolute atomic E-state index is 12.5. The van der Waals surface area contributed by atoms with Gasteiger partial charge >= 0.3 is 0 Å². The Bertz CT molecular complexity index is 871. The zero-order valence-electron chi connectivity index (χ0n) is 13.3. The van der Waals surface area contributed by atoms with Gasteiger partial charge in [-0.3, -0.25) is 4.79 Å². The molecule has 0 spiro atoms. The number of hydrogen-bond acceptors (Lipinski definition) is 5. The maximum Gasteiger partial charge on any atom is 0.240 e. The molecule has 3 rings (SSSR count). The molecule has 6 nitrogen and oxygen atoms in total. The van der Waals surface area contributed by atoms with Gasteiger partial charge in [0.2, 0.25) is 10.0 Å². The van der Waals surface area contributed by atoms with Crippen LogP contribution < -0.4 is 4.72 Å². The first-order valence-electron chi connectivity index (χ1n) is 7.72. The molecule has 0 fully saturated rings. The Morgan fingerprint density at radius 1 is 1.38 bits per heavy atom. The van der Waals surface area contributed by atoms with E-state index in [0.29, 0.717) is 23.3 Å². The van der Waals surface area contributed by atoms with E-state index in [2.05, 4.69) is 4.72 Å². The third-order valence-corrected chi connectivity index (χ3v) is 5.75. The van der Waals surface area contributed by atoms with Crippen molar-refractivity contribution in [1.82, 2.24) is 4.72 Å². The number of carbonyl (C=O) groups is 1. The molecule has 1 aromatic carbocycles. The molecular formula is C17H19NO5S. The summed E-state index contributed by atoms with van der Waals surface area (Å²) in [6.07, 6.45) is 3.41. The van der Waals surface area contributed by atoms with Gasteiger partial charge in [0.05, 0.1) is 11.2 Å². The van der Waals surface area contributed by atoms with Crippen LogP contribution >= 0.6 is 0 Å². The Labute approximate surface area is 140 Å². The smallest absolute Gasteiger partial charge is 0.240 e. The number of nitrogens with one attached hydrogen (secondary N) is 1. The van der Waals surface area contributed by atoms with E-state index in [0.717, 1.165) is 12.8 Å². The minimum absolute atomic E-state index is 0.00188. The van der Waals surface area contributed by atoms with Crippen LogP contribution in [0, 0.1) is 0 Å². The normalized spacial score (nSPS) is 20.6. The number of ketones is 1. The standard InChI is InChI=1S/C17H19NO5S/c1-12(19)13-4-2-5-14(10-13)24(21,22)18-11-17(20)8-3-6-16-15(17)7-9-23-16/h2,4-5,7,9-10,18,20H,3,6,8,11H2,1H3. The molecule has 0 aliphatic heterocycles. The Morgan fingerprint density at radius 2 is 2.17 bits per heavy atom.